The molecule has 1 heterocycles. The SMILES string of the molecule is CCc1ccc(C(=O)Nc2ccc([C@H]3SCC(=O)N3c3cccc(C)c3C)cc2)cc1. The van der Waals surface area contributed by atoms with Crippen LogP contribution >= 0.6 is 11.8 Å². The smallest absolute Gasteiger partial charge is 0.255 e. The van der Waals surface area contributed by atoms with Crippen molar-refractivity contribution in [2.75, 3.05) is 16.0 Å². The summed E-state index contributed by atoms with van der Waals surface area (Å²) in [5.74, 6) is 0.457. The molecule has 4 nitrogen and oxygen atoms in total. The summed E-state index contributed by atoms with van der Waals surface area (Å²) in [7, 11) is 0. The Labute approximate surface area is 187 Å². The van der Waals surface area contributed by atoms with Crippen LogP contribution in [0.4, 0.5) is 11.4 Å². The van der Waals surface area contributed by atoms with E-state index < -0.39 is 0 Å². The van der Waals surface area contributed by atoms with Gasteiger partial charge in [0.1, 0.15) is 5.37 Å². The molecule has 1 atom stereocenters. The topological polar surface area (TPSA) is 49.4 Å². The van der Waals surface area contributed by atoms with Crippen LogP contribution in [0.3, 0.4) is 0 Å². The maximum Gasteiger partial charge on any atom is 0.255 e. The van der Waals surface area contributed by atoms with Crippen LogP contribution in [-0.4, -0.2) is 17.6 Å². The normalized spacial score (nSPS) is 15.9. The second-order valence-electron chi connectivity index (χ2n) is 7.77. The van der Waals surface area contributed by atoms with Crippen LogP contribution in [0.5, 0.6) is 0 Å². The van der Waals surface area contributed by atoms with Gasteiger partial charge in [-0.1, -0.05) is 43.3 Å². The quantitative estimate of drug-likeness (QED) is 0.548. The Hall–Kier alpha value is -3.05. The Kier molecular flexibility index (Phi) is 6.14. The van der Waals surface area contributed by atoms with E-state index in [1.54, 1.807) is 11.8 Å². The third-order valence-electron chi connectivity index (χ3n) is 5.78. The summed E-state index contributed by atoms with van der Waals surface area (Å²) in [6.07, 6.45) is 0.949. The Morgan fingerprint density at radius 2 is 1.74 bits per heavy atom. The van der Waals surface area contributed by atoms with Crippen LogP contribution in [0.15, 0.2) is 66.7 Å². The van der Waals surface area contributed by atoms with Crippen molar-refractivity contribution in [3.63, 3.8) is 0 Å². The molecule has 3 aromatic carbocycles. The first kappa shape index (κ1) is 21.2. The van der Waals surface area contributed by atoms with Crippen molar-refractivity contribution in [1.29, 1.82) is 0 Å². The third kappa shape index (κ3) is 4.37. The lowest BCUT2D eigenvalue weighted by Gasteiger charge is -2.26. The van der Waals surface area contributed by atoms with E-state index in [0.717, 1.165) is 28.9 Å². The van der Waals surface area contributed by atoms with Crippen molar-refractivity contribution < 1.29 is 9.59 Å². The Bertz CT molecular complexity index is 1110. The van der Waals surface area contributed by atoms with Gasteiger partial charge in [-0.3, -0.25) is 14.5 Å². The summed E-state index contributed by atoms with van der Waals surface area (Å²) >= 11 is 1.63. The minimum atomic E-state index is -0.127. The molecule has 0 radical (unpaired) electrons. The lowest BCUT2D eigenvalue weighted by molar-refractivity contribution is -0.115. The number of carbonyl (C=O) groups is 2. The summed E-state index contributed by atoms with van der Waals surface area (Å²) in [5.41, 5.74) is 6.89. The van der Waals surface area contributed by atoms with Crippen LogP contribution in [0.25, 0.3) is 0 Å². The first-order chi connectivity index (χ1) is 15.0. The van der Waals surface area contributed by atoms with E-state index >= 15 is 0 Å². The lowest BCUT2D eigenvalue weighted by atomic mass is 10.1. The van der Waals surface area contributed by atoms with Crippen molar-refractivity contribution >= 4 is 35.0 Å². The fourth-order valence-electron chi connectivity index (χ4n) is 3.75. The van der Waals surface area contributed by atoms with Crippen LogP contribution in [-0.2, 0) is 11.2 Å². The van der Waals surface area contributed by atoms with E-state index in [1.165, 1.54) is 11.1 Å². The summed E-state index contributed by atoms with van der Waals surface area (Å²) in [6, 6.07) is 21.5. The maximum atomic E-state index is 12.7. The molecule has 0 spiro atoms. The van der Waals surface area contributed by atoms with Gasteiger partial charge in [0, 0.05) is 16.9 Å². The van der Waals surface area contributed by atoms with Gasteiger partial charge in [0.25, 0.3) is 5.91 Å². The fraction of sp³-hybridized carbons (Fsp3) is 0.231. The highest BCUT2D eigenvalue weighted by molar-refractivity contribution is 8.00. The van der Waals surface area contributed by atoms with Gasteiger partial charge in [-0.15, -0.1) is 11.8 Å². The number of nitrogens with zero attached hydrogens (tertiary/aromatic N) is 1. The minimum Gasteiger partial charge on any atom is -0.322 e. The van der Waals surface area contributed by atoms with Crippen molar-refractivity contribution in [3.05, 3.63) is 94.5 Å². The molecule has 1 fully saturated rings. The zero-order chi connectivity index (χ0) is 22.0. The van der Waals surface area contributed by atoms with Crippen LogP contribution in [0.1, 0.15) is 44.9 Å². The van der Waals surface area contributed by atoms with Crippen molar-refractivity contribution in [2.45, 2.75) is 32.6 Å². The molecule has 0 aliphatic carbocycles. The zero-order valence-electron chi connectivity index (χ0n) is 18.0. The molecule has 1 saturated heterocycles. The first-order valence-corrected chi connectivity index (χ1v) is 11.5. The average Bonchev–Trinajstić information content (AvgIpc) is 3.17. The number of benzene rings is 3. The molecule has 0 unspecified atom stereocenters. The number of aryl methyl sites for hydroxylation is 2. The molecular formula is C26H26N2O2S. The maximum absolute atomic E-state index is 12.7. The minimum absolute atomic E-state index is 0.0701. The van der Waals surface area contributed by atoms with Crippen LogP contribution < -0.4 is 10.2 Å². The van der Waals surface area contributed by atoms with E-state index in [0.29, 0.717) is 11.3 Å². The number of anilines is 2. The third-order valence-corrected chi connectivity index (χ3v) is 6.99. The number of amides is 2. The highest BCUT2D eigenvalue weighted by Crippen LogP contribution is 2.43. The summed E-state index contributed by atoms with van der Waals surface area (Å²) in [5, 5.41) is 2.89. The van der Waals surface area contributed by atoms with Gasteiger partial charge in [0.05, 0.1) is 5.75 Å². The van der Waals surface area contributed by atoms with E-state index in [2.05, 4.69) is 32.2 Å². The van der Waals surface area contributed by atoms with Gasteiger partial charge in [-0.05, 0) is 72.9 Å². The van der Waals surface area contributed by atoms with Gasteiger partial charge in [0.2, 0.25) is 5.91 Å². The molecular weight excluding hydrogens is 404 g/mol. The number of carbonyl (C=O) groups excluding carboxylic acids is 2. The molecule has 31 heavy (non-hydrogen) atoms. The van der Waals surface area contributed by atoms with Crippen LogP contribution in [0.2, 0.25) is 0 Å². The molecule has 0 aromatic heterocycles. The monoisotopic (exact) mass is 430 g/mol. The number of rotatable bonds is 5. The zero-order valence-corrected chi connectivity index (χ0v) is 18.8. The number of nitrogens with one attached hydrogen (secondary N) is 1. The molecule has 1 aliphatic rings. The first-order valence-electron chi connectivity index (χ1n) is 10.5. The highest BCUT2D eigenvalue weighted by Gasteiger charge is 2.34. The predicted molar refractivity (Wildman–Crippen MR) is 129 cm³/mol. The molecule has 0 bridgehead atoms. The average molecular weight is 431 g/mol. The molecule has 158 valence electrons. The second-order valence-corrected chi connectivity index (χ2v) is 8.84. The Balaban J connectivity index is 1.52. The largest absolute Gasteiger partial charge is 0.322 e. The molecule has 1 N–H and O–H groups in total. The van der Waals surface area contributed by atoms with Gasteiger partial charge < -0.3 is 5.32 Å². The predicted octanol–water partition coefficient (Wildman–Crippen LogP) is 5.90. The van der Waals surface area contributed by atoms with E-state index in [9.17, 15) is 9.59 Å². The van der Waals surface area contributed by atoms with Crippen molar-refractivity contribution in [2.24, 2.45) is 0 Å². The molecule has 2 amide bonds. The Morgan fingerprint density at radius 1 is 1.03 bits per heavy atom. The van der Waals surface area contributed by atoms with Gasteiger partial charge >= 0.3 is 0 Å². The van der Waals surface area contributed by atoms with E-state index in [4.69, 9.17) is 0 Å². The number of hydrogen-bond acceptors (Lipinski definition) is 3. The molecule has 3 aromatic rings. The highest BCUT2D eigenvalue weighted by atomic mass is 32.2. The standard InChI is InChI=1S/C26H26N2O2S/c1-4-19-8-10-20(11-9-19)25(30)27-22-14-12-21(13-15-22)26-28(24(29)16-31-26)23-7-5-6-17(2)18(23)3/h5-15,26H,4,16H2,1-3H3,(H,27,30)/t26-/m1/s1. The van der Waals surface area contributed by atoms with E-state index in [1.807, 2.05) is 65.6 Å². The Morgan fingerprint density at radius 3 is 2.42 bits per heavy atom. The van der Waals surface area contributed by atoms with Crippen LogP contribution in [0, 0.1) is 13.8 Å². The molecule has 4 rings (SSSR count). The molecule has 0 saturated carbocycles. The van der Waals surface area contributed by atoms with Gasteiger partial charge in [-0.2, -0.15) is 0 Å². The summed E-state index contributed by atoms with van der Waals surface area (Å²) in [4.78, 5) is 27.1. The second kappa shape index (κ2) is 8.98. The summed E-state index contributed by atoms with van der Waals surface area (Å²) < 4.78 is 0. The lowest BCUT2D eigenvalue weighted by Crippen LogP contribution is -2.28. The van der Waals surface area contributed by atoms with E-state index in [-0.39, 0.29) is 17.2 Å². The number of thioether (sulfide) groups is 1. The molecule has 1 aliphatic heterocycles. The van der Waals surface area contributed by atoms with Crippen molar-refractivity contribution in [1.82, 2.24) is 0 Å². The van der Waals surface area contributed by atoms with Crippen molar-refractivity contribution in [3.8, 4) is 0 Å². The van der Waals surface area contributed by atoms with Gasteiger partial charge in [-0.25, -0.2) is 0 Å². The summed E-state index contributed by atoms with van der Waals surface area (Å²) in [6.45, 7) is 6.21. The van der Waals surface area contributed by atoms with Gasteiger partial charge in [0.15, 0.2) is 0 Å². The molecule has 5 heteroatoms. The fourth-order valence-corrected chi connectivity index (χ4v) is 4.92. The number of hydrogen-bond donors (Lipinski definition) is 1.